The van der Waals surface area contributed by atoms with Crippen LogP contribution in [0.1, 0.15) is 62.0 Å². The number of aliphatic hydroxyl groups excluding tert-OH is 1. The fourth-order valence-corrected chi connectivity index (χ4v) is 4.64. The smallest absolute Gasteiger partial charge is 0.227 e. The first-order valence-corrected chi connectivity index (χ1v) is 10.2. The maximum absolute atomic E-state index is 12.6. The number of nitriles is 1. The van der Waals surface area contributed by atoms with Crippen LogP contribution in [0.4, 0.5) is 0 Å². The fraction of sp³-hybridized carbons (Fsp3) is 0.565. The molecule has 1 aromatic rings. The van der Waals surface area contributed by atoms with Crippen molar-refractivity contribution in [3.05, 3.63) is 35.4 Å². The second-order valence-electron chi connectivity index (χ2n) is 8.33. The molecule has 1 aromatic carbocycles. The largest absolute Gasteiger partial charge is 0.394 e. The zero-order valence-electron chi connectivity index (χ0n) is 16.0. The molecular formula is C23H26N2O3. The van der Waals surface area contributed by atoms with Crippen molar-refractivity contribution >= 4 is 5.91 Å². The summed E-state index contributed by atoms with van der Waals surface area (Å²) in [6.07, 6.45) is 6.32. The zero-order valence-corrected chi connectivity index (χ0v) is 16.0. The molecule has 5 nitrogen and oxygen atoms in total. The lowest BCUT2D eigenvalue weighted by molar-refractivity contribution is -0.154. The molecule has 28 heavy (non-hydrogen) atoms. The molecular weight excluding hydrogens is 352 g/mol. The first kappa shape index (κ1) is 19.0. The van der Waals surface area contributed by atoms with E-state index in [1.54, 1.807) is 4.90 Å². The van der Waals surface area contributed by atoms with Gasteiger partial charge in [0.2, 0.25) is 5.91 Å². The topological polar surface area (TPSA) is 84.6 Å². The molecule has 2 aliphatic carbocycles. The Morgan fingerprint density at radius 3 is 2.39 bits per heavy atom. The summed E-state index contributed by atoms with van der Waals surface area (Å²) in [6.45, 7) is -0.143. The van der Waals surface area contributed by atoms with Crippen LogP contribution in [0.5, 0.6) is 0 Å². The van der Waals surface area contributed by atoms with Crippen LogP contribution in [0.15, 0.2) is 24.3 Å². The average molecular weight is 378 g/mol. The van der Waals surface area contributed by atoms with E-state index in [9.17, 15) is 20.3 Å². The Bertz CT molecular complexity index is 835. The van der Waals surface area contributed by atoms with Gasteiger partial charge in [0.05, 0.1) is 18.7 Å². The van der Waals surface area contributed by atoms with Gasteiger partial charge in [0.1, 0.15) is 11.6 Å². The molecule has 2 N–H and O–H groups in total. The third kappa shape index (κ3) is 3.30. The molecule has 3 atom stereocenters. The van der Waals surface area contributed by atoms with Gasteiger partial charge in [0.25, 0.3) is 0 Å². The standard InChI is InChI=1S/C23H26N2O3/c24-14-19-21(20(15-26)25(19)22(27)18-4-3-5-18)17-8-6-16(7-9-17)10-13-23(28)11-1-2-12-23/h6-9,18-21,26,28H,1-5,11-12,15H2/t19-,20-,21-/m1/s1. The summed E-state index contributed by atoms with van der Waals surface area (Å²) in [7, 11) is 0. The Morgan fingerprint density at radius 1 is 1.18 bits per heavy atom. The molecule has 0 aromatic heterocycles. The number of amides is 1. The molecule has 4 rings (SSSR count). The fourth-order valence-electron chi connectivity index (χ4n) is 4.64. The SMILES string of the molecule is N#C[C@@H]1[C@@H](c2ccc(C#CC3(O)CCCC3)cc2)[C@@H](CO)N1C(=O)C1CCC1. The van der Waals surface area contributed by atoms with E-state index in [1.165, 1.54) is 0 Å². The lowest BCUT2D eigenvalue weighted by Gasteiger charge is -2.53. The predicted molar refractivity (Wildman–Crippen MR) is 104 cm³/mol. The Kier molecular flexibility index (Phi) is 5.15. The molecule has 1 aliphatic heterocycles. The highest BCUT2D eigenvalue weighted by molar-refractivity contribution is 5.82. The minimum Gasteiger partial charge on any atom is -0.394 e. The molecule has 0 unspecified atom stereocenters. The van der Waals surface area contributed by atoms with Crippen LogP contribution in [-0.4, -0.2) is 45.3 Å². The van der Waals surface area contributed by atoms with Gasteiger partial charge in [-0.05, 0) is 56.2 Å². The van der Waals surface area contributed by atoms with Crippen LogP contribution in [0.2, 0.25) is 0 Å². The molecule has 5 heteroatoms. The van der Waals surface area contributed by atoms with E-state index in [4.69, 9.17) is 0 Å². The normalized spacial score (nSPS) is 28.5. The molecule has 0 bridgehead atoms. The summed E-state index contributed by atoms with van der Waals surface area (Å²) < 4.78 is 0. The van der Waals surface area contributed by atoms with Gasteiger partial charge in [0, 0.05) is 17.4 Å². The van der Waals surface area contributed by atoms with Crippen molar-refractivity contribution in [1.82, 2.24) is 4.90 Å². The summed E-state index contributed by atoms with van der Waals surface area (Å²) in [6, 6.07) is 9.02. The maximum Gasteiger partial charge on any atom is 0.227 e. The summed E-state index contributed by atoms with van der Waals surface area (Å²) in [4.78, 5) is 14.2. The lowest BCUT2D eigenvalue weighted by atomic mass is 9.73. The number of carbonyl (C=O) groups excluding carboxylic acids is 1. The van der Waals surface area contributed by atoms with Gasteiger partial charge in [-0.1, -0.05) is 30.4 Å². The second kappa shape index (κ2) is 7.59. The molecule has 146 valence electrons. The highest BCUT2D eigenvalue weighted by Gasteiger charge is 2.53. The Labute approximate surface area is 166 Å². The summed E-state index contributed by atoms with van der Waals surface area (Å²) in [5.41, 5.74) is 0.899. The van der Waals surface area contributed by atoms with Crippen molar-refractivity contribution in [2.45, 2.75) is 68.5 Å². The van der Waals surface area contributed by atoms with Crippen LogP contribution < -0.4 is 0 Å². The minimum absolute atomic E-state index is 0.0143. The third-order valence-corrected chi connectivity index (χ3v) is 6.61. The molecule has 1 heterocycles. The summed E-state index contributed by atoms with van der Waals surface area (Å²) >= 11 is 0. The number of aliphatic hydroxyl groups is 2. The van der Waals surface area contributed by atoms with Crippen molar-refractivity contribution in [3.8, 4) is 17.9 Å². The van der Waals surface area contributed by atoms with Gasteiger partial charge >= 0.3 is 0 Å². The van der Waals surface area contributed by atoms with Crippen molar-refractivity contribution in [3.63, 3.8) is 0 Å². The first-order valence-electron chi connectivity index (χ1n) is 10.2. The Balaban J connectivity index is 1.49. The van der Waals surface area contributed by atoms with E-state index in [2.05, 4.69) is 17.9 Å². The quantitative estimate of drug-likeness (QED) is 0.791. The molecule has 3 aliphatic rings. The van der Waals surface area contributed by atoms with Crippen molar-refractivity contribution in [2.75, 3.05) is 6.61 Å². The zero-order chi connectivity index (χ0) is 19.7. The molecule has 0 spiro atoms. The van der Waals surface area contributed by atoms with Crippen molar-refractivity contribution in [2.24, 2.45) is 5.92 Å². The number of hydrogen-bond donors (Lipinski definition) is 2. The predicted octanol–water partition coefficient (Wildman–Crippen LogP) is 2.32. The molecule has 2 saturated carbocycles. The molecule has 0 radical (unpaired) electrons. The van der Waals surface area contributed by atoms with Gasteiger partial charge in [-0.2, -0.15) is 5.26 Å². The number of likely N-dealkylation sites (tertiary alicyclic amines) is 1. The second-order valence-corrected chi connectivity index (χ2v) is 8.33. The summed E-state index contributed by atoms with van der Waals surface area (Å²) in [5, 5.41) is 29.8. The third-order valence-electron chi connectivity index (χ3n) is 6.61. The number of benzene rings is 1. The molecule has 1 amide bonds. The van der Waals surface area contributed by atoms with Crippen LogP contribution >= 0.6 is 0 Å². The van der Waals surface area contributed by atoms with Crippen LogP contribution in [0, 0.1) is 29.1 Å². The number of hydrogen-bond acceptors (Lipinski definition) is 4. The van der Waals surface area contributed by atoms with Gasteiger partial charge < -0.3 is 15.1 Å². The summed E-state index contributed by atoms with van der Waals surface area (Å²) in [5.74, 6) is 5.91. The number of carbonyl (C=O) groups is 1. The monoisotopic (exact) mass is 378 g/mol. The highest BCUT2D eigenvalue weighted by Crippen LogP contribution is 2.43. The van der Waals surface area contributed by atoms with E-state index < -0.39 is 11.6 Å². The Hall–Kier alpha value is -2.34. The van der Waals surface area contributed by atoms with E-state index in [-0.39, 0.29) is 30.4 Å². The lowest BCUT2D eigenvalue weighted by Crippen LogP contribution is -2.66. The van der Waals surface area contributed by atoms with Gasteiger partial charge in [0.15, 0.2) is 0 Å². The van der Waals surface area contributed by atoms with E-state index in [0.717, 1.165) is 56.1 Å². The van der Waals surface area contributed by atoms with Crippen LogP contribution in [0.3, 0.4) is 0 Å². The van der Waals surface area contributed by atoms with Gasteiger partial charge in [-0.15, -0.1) is 0 Å². The van der Waals surface area contributed by atoms with Crippen molar-refractivity contribution < 1.29 is 15.0 Å². The highest BCUT2D eigenvalue weighted by atomic mass is 16.3. The van der Waals surface area contributed by atoms with Crippen molar-refractivity contribution in [1.29, 1.82) is 5.26 Å². The van der Waals surface area contributed by atoms with Gasteiger partial charge in [-0.25, -0.2) is 0 Å². The van der Waals surface area contributed by atoms with E-state index in [1.807, 2.05) is 24.3 Å². The maximum atomic E-state index is 12.6. The van der Waals surface area contributed by atoms with Crippen LogP contribution in [0.25, 0.3) is 0 Å². The number of nitrogens with zero attached hydrogens (tertiary/aromatic N) is 2. The van der Waals surface area contributed by atoms with E-state index in [0.29, 0.717) is 0 Å². The number of rotatable bonds is 3. The first-order chi connectivity index (χ1) is 13.6. The average Bonchev–Trinajstić information content (AvgIpc) is 3.06. The molecule has 1 saturated heterocycles. The van der Waals surface area contributed by atoms with Crippen LogP contribution in [-0.2, 0) is 4.79 Å². The Morgan fingerprint density at radius 2 is 1.86 bits per heavy atom. The minimum atomic E-state index is -0.858. The molecule has 3 fully saturated rings. The van der Waals surface area contributed by atoms with Gasteiger partial charge in [-0.3, -0.25) is 4.79 Å². The van der Waals surface area contributed by atoms with E-state index >= 15 is 0 Å².